The molecular weight excluding hydrogens is 411 g/mol. The molecule has 0 saturated heterocycles. The van der Waals surface area contributed by atoms with E-state index in [1.54, 1.807) is 24.3 Å². The molecule has 178 valence electrons. The monoisotopic (exact) mass is 449 g/mol. The summed E-state index contributed by atoms with van der Waals surface area (Å²) in [6.07, 6.45) is 4.45. The van der Waals surface area contributed by atoms with E-state index in [0.29, 0.717) is 41.7 Å². The quantitative estimate of drug-likeness (QED) is 0.518. The molecule has 0 spiro atoms. The lowest BCUT2D eigenvalue weighted by molar-refractivity contribution is -0.169. The standard InChI is InChI=1S/C27H38F3NO/c1-25(32)14-12-19-17(16-25)8-9-21-20(19)13-15-26(2)22(21)10-11-23(26)24(27(28,29)30)31-18-6-4-3-5-7-18/h3-7,17,19-24,31-32H,8-16H2,1-2H3/t17-,19+,20-,21-,22+,23?,24?,25-,26+/m1/s1. The summed E-state index contributed by atoms with van der Waals surface area (Å²) >= 11 is 0. The van der Waals surface area contributed by atoms with Crippen molar-refractivity contribution in [3.8, 4) is 0 Å². The van der Waals surface area contributed by atoms with Crippen molar-refractivity contribution in [3.63, 3.8) is 0 Å². The lowest BCUT2D eigenvalue weighted by Crippen LogP contribution is -2.53. The fraction of sp³-hybridized carbons (Fsp3) is 0.778. The molecule has 4 aliphatic rings. The van der Waals surface area contributed by atoms with E-state index < -0.39 is 17.8 Å². The van der Waals surface area contributed by atoms with Gasteiger partial charge in [0.05, 0.1) is 5.60 Å². The molecule has 2 N–H and O–H groups in total. The Morgan fingerprint density at radius 3 is 2.34 bits per heavy atom. The number of fused-ring (bicyclic) bond motifs is 5. The number of benzene rings is 1. The zero-order valence-electron chi connectivity index (χ0n) is 19.4. The first-order chi connectivity index (χ1) is 15.1. The average molecular weight is 450 g/mol. The van der Waals surface area contributed by atoms with Crippen LogP contribution in [0, 0.1) is 40.9 Å². The third kappa shape index (κ3) is 3.86. The van der Waals surface area contributed by atoms with Crippen LogP contribution in [-0.4, -0.2) is 22.9 Å². The topological polar surface area (TPSA) is 32.3 Å². The molecule has 0 aromatic heterocycles. The number of hydrogen-bond acceptors (Lipinski definition) is 2. The van der Waals surface area contributed by atoms with Crippen LogP contribution < -0.4 is 5.32 Å². The molecule has 5 rings (SSSR count). The van der Waals surface area contributed by atoms with Gasteiger partial charge in [-0.2, -0.15) is 13.2 Å². The Morgan fingerprint density at radius 1 is 0.906 bits per heavy atom. The number of aliphatic hydroxyl groups is 1. The van der Waals surface area contributed by atoms with Crippen LogP contribution in [0.15, 0.2) is 30.3 Å². The Morgan fingerprint density at radius 2 is 1.62 bits per heavy atom. The van der Waals surface area contributed by atoms with Crippen LogP contribution in [0.25, 0.3) is 0 Å². The van der Waals surface area contributed by atoms with Crippen molar-refractivity contribution in [2.45, 2.75) is 89.5 Å². The predicted octanol–water partition coefficient (Wildman–Crippen LogP) is 7.05. The molecule has 1 aromatic rings. The van der Waals surface area contributed by atoms with Gasteiger partial charge in [-0.1, -0.05) is 25.1 Å². The molecule has 0 bridgehead atoms. The Bertz CT molecular complexity index is 809. The van der Waals surface area contributed by atoms with Gasteiger partial charge in [0, 0.05) is 5.69 Å². The molecule has 0 amide bonds. The summed E-state index contributed by atoms with van der Waals surface area (Å²) in [5.41, 5.74) is -0.222. The van der Waals surface area contributed by atoms with Gasteiger partial charge < -0.3 is 10.4 Å². The molecule has 0 heterocycles. The lowest BCUT2D eigenvalue weighted by Gasteiger charge is -2.57. The van der Waals surface area contributed by atoms with Crippen molar-refractivity contribution in [1.29, 1.82) is 0 Å². The van der Waals surface area contributed by atoms with E-state index in [1.165, 1.54) is 0 Å². The number of nitrogens with one attached hydrogen (secondary N) is 1. The van der Waals surface area contributed by atoms with E-state index in [4.69, 9.17) is 0 Å². The van der Waals surface area contributed by atoms with Crippen LogP contribution in [0.1, 0.15) is 71.6 Å². The van der Waals surface area contributed by atoms with Gasteiger partial charge in [-0.15, -0.1) is 0 Å². The maximum absolute atomic E-state index is 14.3. The number of halogens is 3. The molecular formula is C27H38F3NO. The molecule has 32 heavy (non-hydrogen) atoms. The number of rotatable bonds is 3. The van der Waals surface area contributed by atoms with Crippen LogP contribution in [-0.2, 0) is 0 Å². The van der Waals surface area contributed by atoms with Crippen LogP contribution in [0.4, 0.5) is 18.9 Å². The fourth-order valence-corrected chi connectivity index (χ4v) is 8.79. The number of hydrogen-bond donors (Lipinski definition) is 2. The molecule has 4 aliphatic carbocycles. The van der Waals surface area contributed by atoms with Crippen molar-refractivity contribution in [1.82, 2.24) is 0 Å². The molecule has 5 heteroatoms. The maximum Gasteiger partial charge on any atom is 0.408 e. The SMILES string of the molecule is C[C@@]1(O)CC[C@H]2[C@H](CC[C@@H]3[C@@H]2CC[C@]2(C)C(C(Nc4ccccc4)C(F)(F)F)CC[C@@H]32)C1. The second-order valence-corrected chi connectivity index (χ2v) is 11.9. The summed E-state index contributed by atoms with van der Waals surface area (Å²) in [5, 5.41) is 13.5. The molecule has 0 aliphatic heterocycles. The molecule has 9 atom stereocenters. The van der Waals surface area contributed by atoms with Gasteiger partial charge >= 0.3 is 6.18 Å². The van der Waals surface area contributed by atoms with E-state index in [2.05, 4.69) is 12.2 Å². The second kappa shape index (κ2) is 7.92. The largest absolute Gasteiger partial charge is 0.408 e. The van der Waals surface area contributed by atoms with Crippen LogP contribution in [0.3, 0.4) is 0 Å². The maximum atomic E-state index is 14.3. The van der Waals surface area contributed by atoms with Gasteiger partial charge in [-0.05, 0) is 118 Å². The summed E-state index contributed by atoms with van der Waals surface area (Å²) < 4.78 is 43.0. The minimum atomic E-state index is -4.26. The molecule has 0 radical (unpaired) electrons. The van der Waals surface area contributed by atoms with Gasteiger partial charge in [-0.3, -0.25) is 0 Å². The normalized spacial score (nSPS) is 44.8. The summed E-state index contributed by atoms with van der Waals surface area (Å²) in [7, 11) is 0. The Hall–Kier alpha value is -1.23. The highest BCUT2D eigenvalue weighted by Gasteiger charge is 2.61. The molecule has 2 unspecified atom stereocenters. The van der Waals surface area contributed by atoms with Crippen molar-refractivity contribution in [2.24, 2.45) is 40.9 Å². The molecule has 1 aromatic carbocycles. The van der Waals surface area contributed by atoms with Crippen molar-refractivity contribution in [2.75, 3.05) is 5.32 Å². The van der Waals surface area contributed by atoms with Gasteiger partial charge in [0.1, 0.15) is 6.04 Å². The fourth-order valence-electron chi connectivity index (χ4n) is 8.79. The van der Waals surface area contributed by atoms with Crippen molar-refractivity contribution in [3.05, 3.63) is 30.3 Å². The molecule has 4 fully saturated rings. The molecule has 2 nitrogen and oxygen atoms in total. The second-order valence-electron chi connectivity index (χ2n) is 11.9. The number of para-hydroxylation sites is 1. The highest BCUT2D eigenvalue weighted by molar-refractivity contribution is 5.44. The zero-order chi connectivity index (χ0) is 22.7. The Kier molecular flexibility index (Phi) is 5.58. The molecule has 4 saturated carbocycles. The first-order valence-corrected chi connectivity index (χ1v) is 12.7. The van der Waals surface area contributed by atoms with Gasteiger partial charge in [0.2, 0.25) is 0 Å². The van der Waals surface area contributed by atoms with Gasteiger partial charge in [0.25, 0.3) is 0 Å². The first kappa shape index (κ1) is 22.6. The Labute approximate surface area is 190 Å². The van der Waals surface area contributed by atoms with E-state index >= 15 is 0 Å². The van der Waals surface area contributed by atoms with E-state index in [-0.39, 0.29) is 11.3 Å². The predicted molar refractivity (Wildman–Crippen MR) is 121 cm³/mol. The highest BCUT2D eigenvalue weighted by atomic mass is 19.4. The van der Waals surface area contributed by atoms with E-state index in [1.807, 2.05) is 13.0 Å². The summed E-state index contributed by atoms with van der Waals surface area (Å²) in [5.74, 6) is 2.50. The lowest BCUT2D eigenvalue weighted by atomic mass is 9.48. The summed E-state index contributed by atoms with van der Waals surface area (Å²) in [6.45, 7) is 4.15. The zero-order valence-corrected chi connectivity index (χ0v) is 19.4. The van der Waals surface area contributed by atoms with E-state index in [0.717, 1.165) is 51.4 Å². The minimum absolute atomic E-state index is 0.254. The number of anilines is 1. The average Bonchev–Trinajstić information content (AvgIpc) is 3.07. The van der Waals surface area contributed by atoms with Crippen LogP contribution >= 0.6 is 0 Å². The van der Waals surface area contributed by atoms with Crippen LogP contribution in [0.2, 0.25) is 0 Å². The van der Waals surface area contributed by atoms with Gasteiger partial charge in [-0.25, -0.2) is 0 Å². The van der Waals surface area contributed by atoms with Crippen molar-refractivity contribution >= 4 is 5.69 Å². The smallest absolute Gasteiger partial charge is 0.390 e. The summed E-state index contributed by atoms with van der Waals surface area (Å²) in [6, 6.07) is 7.41. The third-order valence-corrected chi connectivity index (χ3v) is 10.2. The first-order valence-electron chi connectivity index (χ1n) is 12.7. The van der Waals surface area contributed by atoms with E-state index in [9.17, 15) is 18.3 Å². The summed E-state index contributed by atoms with van der Waals surface area (Å²) in [4.78, 5) is 0. The Balaban J connectivity index is 1.37. The number of alkyl halides is 3. The highest BCUT2D eigenvalue weighted by Crippen LogP contribution is 2.65. The third-order valence-electron chi connectivity index (χ3n) is 10.2. The van der Waals surface area contributed by atoms with Crippen molar-refractivity contribution < 1.29 is 18.3 Å². The van der Waals surface area contributed by atoms with Gasteiger partial charge in [0.15, 0.2) is 0 Å². The minimum Gasteiger partial charge on any atom is -0.390 e. The van der Waals surface area contributed by atoms with Crippen LogP contribution in [0.5, 0.6) is 0 Å².